The fraction of sp³-hybridized carbons (Fsp3) is 0.100. The fourth-order valence-corrected chi connectivity index (χ4v) is 2.71. The Morgan fingerprint density at radius 2 is 1.85 bits per heavy atom. The number of carbonyl (C=O) groups excluding carboxylic acids is 1. The van der Waals surface area contributed by atoms with E-state index in [0.717, 1.165) is 11.1 Å². The van der Waals surface area contributed by atoms with Crippen LogP contribution in [0.3, 0.4) is 0 Å². The van der Waals surface area contributed by atoms with Crippen LogP contribution in [0.2, 0.25) is 0 Å². The van der Waals surface area contributed by atoms with E-state index in [4.69, 9.17) is 9.47 Å². The van der Waals surface area contributed by atoms with Crippen LogP contribution in [0.5, 0.6) is 11.5 Å². The number of carbonyl (C=O) groups is 1. The lowest BCUT2D eigenvalue weighted by atomic mass is 10.1. The minimum atomic E-state index is -0.304. The number of nitrogens with one attached hydrogen (secondary N) is 1. The summed E-state index contributed by atoms with van der Waals surface area (Å²) in [5, 5.41) is 2.78. The average Bonchev–Trinajstić information content (AvgIpc) is 3.10. The van der Waals surface area contributed by atoms with Crippen LogP contribution in [-0.2, 0) is 11.2 Å². The lowest BCUT2D eigenvalue weighted by Gasteiger charge is -2.07. The van der Waals surface area contributed by atoms with Gasteiger partial charge in [-0.05, 0) is 54.1 Å². The lowest BCUT2D eigenvalue weighted by molar-refractivity contribution is -0.115. The van der Waals surface area contributed by atoms with Crippen molar-refractivity contribution in [3.63, 3.8) is 0 Å². The van der Waals surface area contributed by atoms with Crippen LogP contribution in [0.15, 0.2) is 60.7 Å². The molecule has 4 rings (SSSR count). The van der Waals surface area contributed by atoms with Crippen LogP contribution in [0.25, 0.3) is 11.3 Å². The number of fused-ring (bicyclic) bond motifs is 1. The lowest BCUT2D eigenvalue weighted by Crippen LogP contribution is -2.15. The molecule has 0 bridgehead atoms. The third-order valence-corrected chi connectivity index (χ3v) is 3.96. The van der Waals surface area contributed by atoms with Crippen molar-refractivity contribution in [3.8, 4) is 22.8 Å². The van der Waals surface area contributed by atoms with E-state index in [0.29, 0.717) is 23.0 Å². The van der Waals surface area contributed by atoms with E-state index in [1.54, 1.807) is 42.5 Å². The molecular weight excluding hydrogens is 335 g/mol. The topological polar surface area (TPSA) is 60.5 Å². The van der Waals surface area contributed by atoms with E-state index in [-0.39, 0.29) is 24.9 Å². The van der Waals surface area contributed by atoms with Crippen LogP contribution in [-0.4, -0.2) is 17.7 Å². The van der Waals surface area contributed by atoms with Gasteiger partial charge in [0, 0.05) is 5.56 Å². The molecule has 0 fully saturated rings. The first-order valence-electron chi connectivity index (χ1n) is 8.09. The van der Waals surface area contributed by atoms with E-state index < -0.39 is 0 Å². The van der Waals surface area contributed by atoms with Crippen molar-refractivity contribution in [1.82, 2.24) is 4.98 Å². The second kappa shape index (κ2) is 6.84. The van der Waals surface area contributed by atoms with E-state index in [1.165, 1.54) is 12.1 Å². The Labute approximate surface area is 149 Å². The molecule has 0 unspecified atom stereocenters. The van der Waals surface area contributed by atoms with Gasteiger partial charge in [-0.2, -0.15) is 0 Å². The molecule has 5 nitrogen and oxygen atoms in total. The average molecular weight is 350 g/mol. The molecule has 0 spiro atoms. The van der Waals surface area contributed by atoms with Crippen LogP contribution >= 0.6 is 0 Å². The second-order valence-corrected chi connectivity index (χ2v) is 5.83. The molecule has 1 N–H and O–H groups in total. The van der Waals surface area contributed by atoms with Crippen LogP contribution in [0.4, 0.5) is 10.2 Å². The summed E-state index contributed by atoms with van der Waals surface area (Å²) in [7, 11) is 0. The second-order valence-electron chi connectivity index (χ2n) is 5.83. The van der Waals surface area contributed by atoms with Gasteiger partial charge < -0.3 is 14.8 Å². The van der Waals surface area contributed by atoms with Crippen LogP contribution in [0.1, 0.15) is 5.56 Å². The number of hydrogen-bond donors (Lipinski definition) is 1. The Morgan fingerprint density at radius 1 is 1.04 bits per heavy atom. The Morgan fingerprint density at radius 3 is 2.69 bits per heavy atom. The van der Waals surface area contributed by atoms with Crippen molar-refractivity contribution in [2.45, 2.75) is 6.42 Å². The zero-order valence-corrected chi connectivity index (χ0v) is 13.7. The number of nitrogens with zero attached hydrogens (tertiary/aromatic N) is 1. The highest BCUT2D eigenvalue weighted by molar-refractivity contribution is 5.91. The number of benzene rings is 2. The van der Waals surface area contributed by atoms with E-state index in [2.05, 4.69) is 10.3 Å². The normalized spacial score (nSPS) is 12.0. The Balaban J connectivity index is 1.46. The van der Waals surface area contributed by atoms with Gasteiger partial charge >= 0.3 is 0 Å². The van der Waals surface area contributed by atoms with E-state index in [9.17, 15) is 9.18 Å². The van der Waals surface area contributed by atoms with Gasteiger partial charge in [-0.3, -0.25) is 4.79 Å². The molecule has 0 saturated carbocycles. The minimum absolute atomic E-state index is 0.187. The van der Waals surface area contributed by atoms with E-state index in [1.807, 2.05) is 6.07 Å². The van der Waals surface area contributed by atoms with Crippen molar-refractivity contribution in [3.05, 3.63) is 72.0 Å². The SMILES string of the molecule is O=C(Cc1ccc2c(c1)OCO2)Nc1cccc(-c2ccc(F)cc2)n1. The highest BCUT2D eigenvalue weighted by Crippen LogP contribution is 2.32. The van der Waals surface area contributed by atoms with Gasteiger partial charge in [0.05, 0.1) is 12.1 Å². The van der Waals surface area contributed by atoms with E-state index >= 15 is 0 Å². The predicted molar refractivity (Wildman–Crippen MR) is 94.5 cm³/mol. The van der Waals surface area contributed by atoms with Gasteiger partial charge in [-0.15, -0.1) is 0 Å². The van der Waals surface area contributed by atoms with Gasteiger partial charge in [0.1, 0.15) is 11.6 Å². The van der Waals surface area contributed by atoms with Crippen molar-refractivity contribution in [2.24, 2.45) is 0 Å². The Bertz CT molecular complexity index is 958. The third kappa shape index (κ3) is 3.49. The molecule has 2 heterocycles. The monoisotopic (exact) mass is 350 g/mol. The molecule has 6 heteroatoms. The van der Waals surface area contributed by atoms with Crippen LogP contribution < -0.4 is 14.8 Å². The number of aromatic nitrogens is 1. The quantitative estimate of drug-likeness (QED) is 0.778. The highest BCUT2D eigenvalue weighted by Gasteiger charge is 2.14. The first kappa shape index (κ1) is 16.1. The van der Waals surface area contributed by atoms with Crippen molar-refractivity contribution in [1.29, 1.82) is 0 Å². The molecule has 0 radical (unpaired) electrons. The van der Waals surface area contributed by atoms with Crippen molar-refractivity contribution < 1.29 is 18.7 Å². The fourth-order valence-electron chi connectivity index (χ4n) is 2.71. The molecule has 0 atom stereocenters. The first-order valence-corrected chi connectivity index (χ1v) is 8.09. The summed E-state index contributed by atoms with van der Waals surface area (Å²) in [5.74, 6) is 1.28. The van der Waals surface area contributed by atoms with Gasteiger partial charge in [0.2, 0.25) is 12.7 Å². The molecule has 1 aromatic heterocycles. The molecule has 1 aliphatic rings. The molecule has 1 aliphatic heterocycles. The minimum Gasteiger partial charge on any atom is -0.454 e. The maximum Gasteiger partial charge on any atom is 0.231 e. The smallest absolute Gasteiger partial charge is 0.231 e. The molecule has 130 valence electrons. The van der Waals surface area contributed by atoms with Gasteiger partial charge in [-0.1, -0.05) is 12.1 Å². The zero-order chi connectivity index (χ0) is 17.9. The van der Waals surface area contributed by atoms with Gasteiger partial charge in [-0.25, -0.2) is 9.37 Å². The highest BCUT2D eigenvalue weighted by atomic mass is 19.1. The molecule has 1 amide bonds. The van der Waals surface area contributed by atoms with Gasteiger partial charge in [0.15, 0.2) is 11.5 Å². The molecule has 2 aromatic carbocycles. The number of ether oxygens (including phenoxy) is 2. The standard InChI is InChI=1S/C20H15FN2O3/c21-15-7-5-14(6-8-15)16-2-1-3-19(22-16)23-20(24)11-13-4-9-17-18(10-13)26-12-25-17/h1-10H,11-12H2,(H,22,23,24). The summed E-state index contributed by atoms with van der Waals surface area (Å²) in [6.07, 6.45) is 0.194. The molecule has 0 saturated heterocycles. The summed E-state index contributed by atoms with van der Waals surface area (Å²) in [6, 6.07) is 16.8. The maximum atomic E-state index is 13.0. The Kier molecular flexibility index (Phi) is 4.23. The number of halogens is 1. The number of hydrogen-bond acceptors (Lipinski definition) is 4. The number of rotatable bonds is 4. The van der Waals surface area contributed by atoms with Crippen molar-refractivity contribution in [2.75, 3.05) is 12.1 Å². The molecule has 3 aromatic rings. The zero-order valence-electron chi connectivity index (χ0n) is 13.7. The Hall–Kier alpha value is -3.41. The largest absolute Gasteiger partial charge is 0.454 e. The number of anilines is 1. The first-order chi connectivity index (χ1) is 12.7. The maximum absolute atomic E-state index is 13.0. The summed E-state index contributed by atoms with van der Waals surface area (Å²) in [5.41, 5.74) is 2.26. The third-order valence-electron chi connectivity index (χ3n) is 3.96. The molecule has 0 aliphatic carbocycles. The molecular formula is C20H15FN2O3. The summed E-state index contributed by atoms with van der Waals surface area (Å²) >= 11 is 0. The summed E-state index contributed by atoms with van der Waals surface area (Å²) in [4.78, 5) is 16.7. The molecule has 26 heavy (non-hydrogen) atoms. The van der Waals surface area contributed by atoms with Crippen LogP contribution in [0, 0.1) is 5.82 Å². The number of pyridine rings is 1. The van der Waals surface area contributed by atoms with Crippen molar-refractivity contribution >= 4 is 11.7 Å². The summed E-state index contributed by atoms with van der Waals surface area (Å²) < 4.78 is 23.6. The number of amides is 1. The van der Waals surface area contributed by atoms with Gasteiger partial charge in [0.25, 0.3) is 0 Å². The predicted octanol–water partition coefficient (Wildman–Crippen LogP) is 3.80. The summed E-state index contributed by atoms with van der Waals surface area (Å²) in [6.45, 7) is 0.199.